The fraction of sp³-hybridized carbons (Fsp3) is 0.107. The molecular weight excluding hydrogens is 366 g/mol. The molecular formula is C28H25NO. The van der Waals surface area contributed by atoms with Gasteiger partial charge in [0, 0.05) is 0 Å². The van der Waals surface area contributed by atoms with E-state index in [2.05, 4.69) is 48.6 Å². The minimum absolute atomic E-state index is 0.0122. The summed E-state index contributed by atoms with van der Waals surface area (Å²) in [6.07, 6.45) is 0. The third-order valence-corrected chi connectivity index (χ3v) is 5.36. The summed E-state index contributed by atoms with van der Waals surface area (Å²) in [5.41, 5.74) is 5.30. The Morgan fingerprint density at radius 2 is 0.967 bits per heavy atom. The molecule has 1 N–H and O–H groups in total. The van der Waals surface area contributed by atoms with E-state index in [0.29, 0.717) is 0 Å². The first kappa shape index (κ1) is 19.7. The Labute approximate surface area is 178 Å². The molecule has 30 heavy (non-hydrogen) atoms. The van der Waals surface area contributed by atoms with Crippen LogP contribution in [0.2, 0.25) is 0 Å². The fourth-order valence-corrected chi connectivity index (χ4v) is 3.78. The lowest BCUT2D eigenvalue weighted by molar-refractivity contribution is -0.122. The van der Waals surface area contributed by atoms with E-state index in [-0.39, 0.29) is 17.9 Å². The lowest BCUT2D eigenvalue weighted by Crippen LogP contribution is -2.34. The molecule has 4 rings (SSSR count). The van der Waals surface area contributed by atoms with Crippen molar-refractivity contribution in [3.63, 3.8) is 0 Å². The summed E-state index contributed by atoms with van der Waals surface area (Å²) in [6, 6.07) is 38.2. The summed E-state index contributed by atoms with van der Waals surface area (Å²) < 4.78 is 0. The second-order valence-electron chi connectivity index (χ2n) is 7.52. The van der Waals surface area contributed by atoms with Crippen molar-refractivity contribution >= 4 is 5.91 Å². The Hall–Kier alpha value is -3.65. The Balaban J connectivity index is 1.72. The van der Waals surface area contributed by atoms with Gasteiger partial charge in [-0.25, -0.2) is 0 Å². The maximum atomic E-state index is 13.7. The highest BCUT2D eigenvalue weighted by atomic mass is 16.1. The first-order valence-electron chi connectivity index (χ1n) is 10.2. The van der Waals surface area contributed by atoms with Gasteiger partial charge in [-0.05, 0) is 29.2 Å². The highest BCUT2D eigenvalue weighted by Crippen LogP contribution is 2.28. The molecule has 4 aromatic rings. The average molecular weight is 392 g/mol. The molecule has 0 radical (unpaired) electrons. The molecule has 0 spiro atoms. The van der Waals surface area contributed by atoms with Crippen molar-refractivity contribution in [2.24, 2.45) is 0 Å². The molecule has 0 aromatic heterocycles. The molecule has 0 aliphatic rings. The first-order chi connectivity index (χ1) is 14.7. The maximum absolute atomic E-state index is 13.7. The molecule has 0 unspecified atom stereocenters. The minimum Gasteiger partial charge on any atom is -0.344 e. The zero-order chi connectivity index (χ0) is 20.8. The van der Waals surface area contributed by atoms with Gasteiger partial charge in [-0.2, -0.15) is 0 Å². The van der Waals surface area contributed by atoms with Crippen LogP contribution in [0.1, 0.15) is 39.8 Å². The van der Waals surface area contributed by atoms with Gasteiger partial charge in [0.05, 0.1) is 12.0 Å². The molecule has 0 aliphatic carbocycles. The SMILES string of the molecule is Cc1ccc([C@@H](NC(=O)C(c2ccccc2)c2ccccc2)c2ccccc2)cc1. The highest BCUT2D eigenvalue weighted by molar-refractivity contribution is 5.87. The Morgan fingerprint density at radius 3 is 1.43 bits per heavy atom. The Kier molecular flexibility index (Phi) is 6.05. The molecule has 0 heterocycles. The zero-order valence-electron chi connectivity index (χ0n) is 17.0. The van der Waals surface area contributed by atoms with Crippen molar-refractivity contribution in [1.82, 2.24) is 5.32 Å². The number of nitrogens with one attached hydrogen (secondary N) is 1. The van der Waals surface area contributed by atoms with Gasteiger partial charge < -0.3 is 5.32 Å². The standard InChI is InChI=1S/C28H25NO/c1-21-17-19-25(20-18-21)27(24-15-9-4-10-16-24)29-28(30)26(22-11-5-2-6-12-22)23-13-7-3-8-14-23/h2-20,26-27H,1H3,(H,29,30)/t27-/m0/s1. The summed E-state index contributed by atoms with van der Waals surface area (Å²) >= 11 is 0. The van der Waals surface area contributed by atoms with E-state index in [0.717, 1.165) is 22.3 Å². The van der Waals surface area contributed by atoms with E-state index in [9.17, 15) is 4.79 Å². The number of hydrogen-bond donors (Lipinski definition) is 1. The van der Waals surface area contributed by atoms with Gasteiger partial charge in [0.1, 0.15) is 0 Å². The Morgan fingerprint density at radius 1 is 0.567 bits per heavy atom. The summed E-state index contributed by atoms with van der Waals surface area (Å²) in [5.74, 6) is -0.383. The van der Waals surface area contributed by atoms with Crippen LogP contribution in [0.15, 0.2) is 115 Å². The van der Waals surface area contributed by atoms with Crippen molar-refractivity contribution in [3.8, 4) is 0 Å². The summed E-state index contributed by atoms with van der Waals surface area (Å²) in [5, 5.41) is 3.33. The predicted octanol–water partition coefficient (Wildman–Crippen LogP) is 6.03. The quantitative estimate of drug-likeness (QED) is 0.427. The van der Waals surface area contributed by atoms with Crippen LogP contribution in [0.4, 0.5) is 0 Å². The van der Waals surface area contributed by atoms with Crippen LogP contribution in [-0.2, 0) is 4.79 Å². The third-order valence-electron chi connectivity index (χ3n) is 5.36. The molecule has 4 aromatic carbocycles. The van der Waals surface area contributed by atoms with Crippen LogP contribution >= 0.6 is 0 Å². The summed E-state index contributed by atoms with van der Waals surface area (Å²) in [7, 11) is 0. The zero-order valence-corrected chi connectivity index (χ0v) is 17.0. The number of rotatable bonds is 6. The number of carbonyl (C=O) groups is 1. The van der Waals surface area contributed by atoms with Gasteiger partial charge in [-0.3, -0.25) is 4.79 Å². The molecule has 2 nitrogen and oxygen atoms in total. The highest BCUT2D eigenvalue weighted by Gasteiger charge is 2.26. The van der Waals surface area contributed by atoms with E-state index in [1.807, 2.05) is 78.9 Å². The van der Waals surface area contributed by atoms with E-state index in [1.165, 1.54) is 5.56 Å². The average Bonchev–Trinajstić information content (AvgIpc) is 2.80. The van der Waals surface area contributed by atoms with Gasteiger partial charge in [-0.1, -0.05) is 121 Å². The van der Waals surface area contributed by atoms with Gasteiger partial charge in [0.15, 0.2) is 0 Å². The van der Waals surface area contributed by atoms with Crippen molar-refractivity contribution < 1.29 is 4.79 Å². The first-order valence-corrected chi connectivity index (χ1v) is 10.2. The lowest BCUT2D eigenvalue weighted by atomic mass is 9.89. The molecule has 2 heteroatoms. The normalized spacial score (nSPS) is 11.8. The molecule has 0 fully saturated rings. The number of amides is 1. The molecule has 0 aliphatic heterocycles. The number of carbonyl (C=O) groups excluding carboxylic acids is 1. The molecule has 0 bridgehead atoms. The van der Waals surface area contributed by atoms with Crippen LogP contribution in [0.5, 0.6) is 0 Å². The second-order valence-corrected chi connectivity index (χ2v) is 7.52. The van der Waals surface area contributed by atoms with Crippen molar-refractivity contribution in [1.29, 1.82) is 0 Å². The van der Waals surface area contributed by atoms with Gasteiger partial charge >= 0.3 is 0 Å². The van der Waals surface area contributed by atoms with Crippen molar-refractivity contribution in [3.05, 3.63) is 143 Å². The van der Waals surface area contributed by atoms with Crippen LogP contribution in [0, 0.1) is 6.92 Å². The predicted molar refractivity (Wildman–Crippen MR) is 122 cm³/mol. The van der Waals surface area contributed by atoms with Crippen LogP contribution in [0.25, 0.3) is 0 Å². The molecule has 1 amide bonds. The number of benzene rings is 4. The molecule has 0 saturated heterocycles. The summed E-state index contributed by atoms with van der Waals surface area (Å²) in [4.78, 5) is 13.7. The van der Waals surface area contributed by atoms with Crippen LogP contribution < -0.4 is 5.32 Å². The molecule has 1 atom stereocenters. The number of aryl methyl sites for hydroxylation is 1. The number of hydrogen-bond acceptors (Lipinski definition) is 1. The van der Waals surface area contributed by atoms with Gasteiger partial charge in [0.2, 0.25) is 5.91 Å². The van der Waals surface area contributed by atoms with E-state index < -0.39 is 0 Å². The van der Waals surface area contributed by atoms with E-state index in [4.69, 9.17) is 0 Å². The summed E-state index contributed by atoms with van der Waals surface area (Å²) in [6.45, 7) is 2.07. The lowest BCUT2D eigenvalue weighted by Gasteiger charge is -2.24. The van der Waals surface area contributed by atoms with Gasteiger partial charge in [0.25, 0.3) is 0 Å². The van der Waals surface area contributed by atoms with Crippen LogP contribution in [-0.4, -0.2) is 5.91 Å². The largest absolute Gasteiger partial charge is 0.344 e. The van der Waals surface area contributed by atoms with Crippen molar-refractivity contribution in [2.45, 2.75) is 18.9 Å². The van der Waals surface area contributed by atoms with Gasteiger partial charge in [-0.15, -0.1) is 0 Å². The minimum atomic E-state index is -0.371. The molecule has 148 valence electrons. The smallest absolute Gasteiger partial charge is 0.232 e. The van der Waals surface area contributed by atoms with E-state index in [1.54, 1.807) is 0 Å². The van der Waals surface area contributed by atoms with E-state index >= 15 is 0 Å². The Bertz CT molecular complexity index is 1030. The molecule has 0 saturated carbocycles. The topological polar surface area (TPSA) is 29.1 Å². The second kappa shape index (κ2) is 9.23. The third kappa shape index (κ3) is 4.49. The van der Waals surface area contributed by atoms with Crippen LogP contribution in [0.3, 0.4) is 0 Å². The van der Waals surface area contributed by atoms with Crippen molar-refractivity contribution in [2.75, 3.05) is 0 Å². The monoisotopic (exact) mass is 391 g/mol. The fourth-order valence-electron chi connectivity index (χ4n) is 3.78. The maximum Gasteiger partial charge on any atom is 0.232 e.